The number of amides is 1. The van der Waals surface area contributed by atoms with Crippen molar-refractivity contribution in [2.45, 2.75) is 13.8 Å². The van der Waals surface area contributed by atoms with E-state index in [0.717, 1.165) is 22.9 Å². The van der Waals surface area contributed by atoms with Gasteiger partial charge in [-0.25, -0.2) is 4.98 Å². The first kappa shape index (κ1) is 18.0. The standard InChI is InChI=1S/C18H14ClN3O3S/c1-10-3-4-12(7-11(10)2)16-9-26-18(20-16)21-17(23)14-8-13(22(24)25)5-6-15(14)19/h3-9H,1-2H3,(H,20,21,23). The monoisotopic (exact) mass is 387 g/mol. The zero-order valence-electron chi connectivity index (χ0n) is 13.9. The summed E-state index contributed by atoms with van der Waals surface area (Å²) in [4.78, 5) is 27.1. The normalized spacial score (nSPS) is 10.6. The number of thiazole rings is 1. The maximum Gasteiger partial charge on any atom is 0.270 e. The zero-order valence-corrected chi connectivity index (χ0v) is 15.5. The number of benzene rings is 2. The maximum atomic E-state index is 12.4. The Morgan fingerprint density at radius 3 is 2.65 bits per heavy atom. The summed E-state index contributed by atoms with van der Waals surface area (Å²) in [5, 5.41) is 15.9. The largest absolute Gasteiger partial charge is 0.298 e. The number of rotatable bonds is 4. The molecule has 1 heterocycles. The predicted molar refractivity (Wildman–Crippen MR) is 103 cm³/mol. The number of hydrogen-bond donors (Lipinski definition) is 1. The van der Waals surface area contributed by atoms with E-state index in [-0.39, 0.29) is 16.3 Å². The van der Waals surface area contributed by atoms with Crippen molar-refractivity contribution in [2.24, 2.45) is 0 Å². The number of carbonyl (C=O) groups excluding carboxylic acids is 1. The van der Waals surface area contributed by atoms with Gasteiger partial charge in [0.05, 0.1) is 21.2 Å². The molecule has 0 unspecified atom stereocenters. The quantitative estimate of drug-likeness (QED) is 0.490. The number of anilines is 1. The number of nitrogens with one attached hydrogen (secondary N) is 1. The summed E-state index contributed by atoms with van der Waals surface area (Å²) in [6.07, 6.45) is 0. The minimum atomic E-state index is -0.575. The summed E-state index contributed by atoms with van der Waals surface area (Å²) in [5.74, 6) is -0.542. The molecule has 1 N–H and O–H groups in total. The van der Waals surface area contributed by atoms with Crippen LogP contribution in [0.4, 0.5) is 10.8 Å². The van der Waals surface area contributed by atoms with Crippen LogP contribution in [0.3, 0.4) is 0 Å². The van der Waals surface area contributed by atoms with Gasteiger partial charge in [0, 0.05) is 23.1 Å². The van der Waals surface area contributed by atoms with Gasteiger partial charge in [0.2, 0.25) is 0 Å². The van der Waals surface area contributed by atoms with Crippen molar-refractivity contribution >= 4 is 39.7 Å². The molecule has 0 saturated heterocycles. The fourth-order valence-corrected chi connectivity index (χ4v) is 3.25. The van der Waals surface area contributed by atoms with Crippen LogP contribution in [-0.4, -0.2) is 15.8 Å². The van der Waals surface area contributed by atoms with E-state index < -0.39 is 10.8 Å². The number of carbonyl (C=O) groups is 1. The number of aromatic nitrogens is 1. The second-order valence-corrected chi connectivity index (χ2v) is 6.98. The van der Waals surface area contributed by atoms with Crippen molar-refractivity contribution in [3.05, 3.63) is 73.6 Å². The first-order chi connectivity index (χ1) is 12.3. The van der Waals surface area contributed by atoms with Crippen LogP contribution in [0.25, 0.3) is 11.3 Å². The maximum absolute atomic E-state index is 12.4. The Bertz CT molecular complexity index is 1020. The average Bonchev–Trinajstić information content (AvgIpc) is 3.05. The second-order valence-electron chi connectivity index (χ2n) is 5.71. The number of nitro benzene ring substituents is 1. The SMILES string of the molecule is Cc1ccc(-c2csc(NC(=O)c3cc([N+](=O)[O-])ccc3Cl)n2)cc1C. The third kappa shape index (κ3) is 3.74. The molecular weight excluding hydrogens is 374 g/mol. The van der Waals surface area contributed by atoms with Crippen LogP contribution in [0.2, 0.25) is 5.02 Å². The lowest BCUT2D eigenvalue weighted by Crippen LogP contribution is -2.12. The molecule has 1 amide bonds. The Morgan fingerprint density at radius 2 is 1.96 bits per heavy atom. The van der Waals surface area contributed by atoms with E-state index in [1.165, 1.54) is 29.0 Å². The molecule has 2 aromatic carbocycles. The number of halogens is 1. The predicted octanol–water partition coefficient (Wildman–Crippen LogP) is 5.24. The van der Waals surface area contributed by atoms with Crippen molar-refractivity contribution < 1.29 is 9.72 Å². The van der Waals surface area contributed by atoms with Crippen molar-refractivity contribution in [1.82, 2.24) is 4.98 Å². The van der Waals surface area contributed by atoms with Gasteiger partial charge >= 0.3 is 0 Å². The van der Waals surface area contributed by atoms with Crippen molar-refractivity contribution in [3.8, 4) is 11.3 Å². The lowest BCUT2D eigenvalue weighted by molar-refractivity contribution is -0.384. The van der Waals surface area contributed by atoms with Crippen LogP contribution in [0.5, 0.6) is 0 Å². The molecule has 0 aliphatic carbocycles. The van der Waals surface area contributed by atoms with E-state index in [1.54, 1.807) is 0 Å². The lowest BCUT2D eigenvalue weighted by Gasteiger charge is -2.04. The van der Waals surface area contributed by atoms with Gasteiger partial charge in [-0.3, -0.25) is 20.2 Å². The molecular formula is C18H14ClN3O3S. The van der Waals surface area contributed by atoms with Crippen molar-refractivity contribution in [2.75, 3.05) is 5.32 Å². The van der Waals surface area contributed by atoms with Gasteiger partial charge < -0.3 is 0 Å². The van der Waals surface area contributed by atoms with Crippen molar-refractivity contribution in [1.29, 1.82) is 0 Å². The average molecular weight is 388 g/mol. The number of aryl methyl sites for hydroxylation is 2. The molecule has 0 fully saturated rings. The molecule has 0 atom stereocenters. The van der Waals surface area contributed by atoms with Crippen molar-refractivity contribution in [3.63, 3.8) is 0 Å². The fraction of sp³-hybridized carbons (Fsp3) is 0.111. The Labute approximate surface area is 158 Å². The first-order valence-electron chi connectivity index (χ1n) is 7.63. The van der Waals surface area contributed by atoms with E-state index in [0.29, 0.717) is 5.13 Å². The summed E-state index contributed by atoms with van der Waals surface area (Å²) >= 11 is 7.27. The van der Waals surface area contributed by atoms with Gasteiger partial charge in [-0.05, 0) is 37.1 Å². The number of nitro groups is 1. The third-order valence-electron chi connectivity index (χ3n) is 3.93. The second kappa shape index (κ2) is 7.23. The van der Waals surface area contributed by atoms with Gasteiger partial charge in [0.15, 0.2) is 5.13 Å². The van der Waals surface area contributed by atoms with Crippen LogP contribution in [0, 0.1) is 24.0 Å². The van der Waals surface area contributed by atoms with E-state index in [1.807, 2.05) is 37.4 Å². The molecule has 0 aliphatic rings. The Hall–Kier alpha value is -2.77. The number of nitrogens with zero attached hydrogens (tertiary/aromatic N) is 2. The molecule has 0 aliphatic heterocycles. The summed E-state index contributed by atoms with van der Waals surface area (Å²) < 4.78 is 0. The minimum Gasteiger partial charge on any atom is -0.298 e. The minimum absolute atomic E-state index is 0.0313. The highest BCUT2D eigenvalue weighted by atomic mass is 35.5. The van der Waals surface area contributed by atoms with Crippen LogP contribution in [0.15, 0.2) is 41.8 Å². The van der Waals surface area contributed by atoms with Gasteiger partial charge in [-0.15, -0.1) is 11.3 Å². The molecule has 3 rings (SSSR count). The fourth-order valence-electron chi connectivity index (χ4n) is 2.33. The molecule has 132 valence electrons. The Morgan fingerprint density at radius 1 is 1.19 bits per heavy atom. The van der Waals surface area contributed by atoms with E-state index in [2.05, 4.69) is 10.3 Å². The third-order valence-corrected chi connectivity index (χ3v) is 5.02. The van der Waals surface area contributed by atoms with E-state index in [9.17, 15) is 14.9 Å². The van der Waals surface area contributed by atoms with Crippen LogP contribution < -0.4 is 5.32 Å². The molecule has 0 bridgehead atoms. The lowest BCUT2D eigenvalue weighted by atomic mass is 10.1. The van der Waals surface area contributed by atoms with Crippen LogP contribution >= 0.6 is 22.9 Å². The van der Waals surface area contributed by atoms with Gasteiger partial charge in [0.1, 0.15) is 0 Å². The zero-order chi connectivity index (χ0) is 18.8. The number of non-ortho nitro benzene ring substituents is 1. The Kier molecular flexibility index (Phi) is 5.01. The molecule has 26 heavy (non-hydrogen) atoms. The Balaban J connectivity index is 1.83. The first-order valence-corrected chi connectivity index (χ1v) is 8.89. The van der Waals surface area contributed by atoms with E-state index >= 15 is 0 Å². The molecule has 0 saturated carbocycles. The van der Waals surface area contributed by atoms with Gasteiger partial charge in [0.25, 0.3) is 11.6 Å². The highest BCUT2D eigenvalue weighted by molar-refractivity contribution is 7.14. The highest BCUT2D eigenvalue weighted by Gasteiger charge is 2.17. The summed E-state index contributed by atoms with van der Waals surface area (Å²) in [6, 6.07) is 9.76. The molecule has 3 aromatic rings. The summed E-state index contributed by atoms with van der Waals surface area (Å²) in [7, 11) is 0. The smallest absolute Gasteiger partial charge is 0.270 e. The highest BCUT2D eigenvalue weighted by Crippen LogP contribution is 2.28. The molecule has 8 heteroatoms. The summed E-state index contributed by atoms with van der Waals surface area (Å²) in [6.45, 7) is 4.06. The molecule has 0 radical (unpaired) electrons. The molecule has 1 aromatic heterocycles. The van der Waals surface area contributed by atoms with Crippen LogP contribution in [-0.2, 0) is 0 Å². The molecule has 0 spiro atoms. The number of hydrogen-bond acceptors (Lipinski definition) is 5. The van der Waals surface area contributed by atoms with Crippen LogP contribution in [0.1, 0.15) is 21.5 Å². The summed E-state index contributed by atoms with van der Waals surface area (Å²) in [5.41, 5.74) is 3.89. The van der Waals surface area contributed by atoms with Gasteiger partial charge in [-0.1, -0.05) is 23.7 Å². The molecule has 6 nitrogen and oxygen atoms in total. The topological polar surface area (TPSA) is 85.1 Å². The van der Waals surface area contributed by atoms with E-state index in [4.69, 9.17) is 11.6 Å². The van der Waals surface area contributed by atoms with Gasteiger partial charge in [-0.2, -0.15) is 0 Å².